The number of hydrogen-bond acceptors (Lipinski definition) is 6. The lowest BCUT2D eigenvalue weighted by molar-refractivity contribution is -0.271. The Balaban J connectivity index is 1.56. The monoisotopic (exact) mass is 358 g/mol. The summed E-state index contributed by atoms with van der Waals surface area (Å²) in [4.78, 5) is 11.2. The molecule has 1 aliphatic heterocycles. The molecule has 2 aromatic rings. The van der Waals surface area contributed by atoms with Crippen LogP contribution in [0.25, 0.3) is 11.1 Å². The number of carboxylic acids is 1. The van der Waals surface area contributed by atoms with E-state index >= 15 is 0 Å². The van der Waals surface area contributed by atoms with Crippen LogP contribution >= 0.6 is 0 Å². The molecule has 1 heterocycles. The van der Waals surface area contributed by atoms with Gasteiger partial charge in [0.1, 0.15) is 24.1 Å². The van der Waals surface area contributed by atoms with Crippen molar-refractivity contribution < 1.29 is 34.7 Å². The van der Waals surface area contributed by atoms with Crippen molar-refractivity contribution in [3.8, 4) is 16.9 Å². The molecule has 2 aromatic carbocycles. The molecule has 0 amide bonds. The van der Waals surface area contributed by atoms with Gasteiger partial charge in [-0.1, -0.05) is 30.3 Å². The average molecular weight is 358 g/mol. The van der Waals surface area contributed by atoms with Crippen molar-refractivity contribution in [3.05, 3.63) is 53.6 Å². The van der Waals surface area contributed by atoms with E-state index < -0.39 is 36.7 Å². The highest BCUT2D eigenvalue weighted by Gasteiger charge is 2.48. The SMILES string of the molecule is O=C(O)C1OC(Oc2ccc3c(c2)Cc2ccccc2-3)C(O)C(O)C1O. The Morgan fingerprint density at radius 3 is 2.46 bits per heavy atom. The van der Waals surface area contributed by atoms with E-state index in [-0.39, 0.29) is 0 Å². The quantitative estimate of drug-likeness (QED) is 0.540. The third-order valence-electron chi connectivity index (χ3n) is 4.83. The lowest BCUT2D eigenvalue weighted by atomic mass is 9.99. The fourth-order valence-electron chi connectivity index (χ4n) is 3.48. The second-order valence-corrected chi connectivity index (χ2v) is 6.51. The minimum atomic E-state index is -1.74. The summed E-state index contributed by atoms with van der Waals surface area (Å²) >= 11 is 0. The number of aliphatic carboxylic acids is 1. The predicted octanol–water partition coefficient (Wildman–Crippen LogP) is 0.529. The molecule has 0 saturated carbocycles. The van der Waals surface area contributed by atoms with Gasteiger partial charge in [0, 0.05) is 0 Å². The molecule has 1 aliphatic carbocycles. The summed E-state index contributed by atoms with van der Waals surface area (Å²) in [5, 5.41) is 38.7. The molecular weight excluding hydrogens is 340 g/mol. The van der Waals surface area contributed by atoms with Crippen molar-refractivity contribution in [1.29, 1.82) is 0 Å². The third kappa shape index (κ3) is 2.75. The minimum Gasteiger partial charge on any atom is -0.479 e. The molecule has 0 radical (unpaired) electrons. The molecule has 0 bridgehead atoms. The molecule has 26 heavy (non-hydrogen) atoms. The van der Waals surface area contributed by atoms with Crippen molar-refractivity contribution >= 4 is 5.97 Å². The van der Waals surface area contributed by atoms with Crippen molar-refractivity contribution in [2.75, 3.05) is 0 Å². The second-order valence-electron chi connectivity index (χ2n) is 6.51. The molecule has 1 saturated heterocycles. The largest absolute Gasteiger partial charge is 0.479 e. The van der Waals surface area contributed by atoms with E-state index in [0.717, 1.165) is 23.1 Å². The maximum absolute atomic E-state index is 11.2. The first-order valence-electron chi connectivity index (χ1n) is 8.26. The van der Waals surface area contributed by atoms with E-state index in [4.69, 9.17) is 14.6 Å². The predicted molar refractivity (Wildman–Crippen MR) is 89.6 cm³/mol. The van der Waals surface area contributed by atoms with Gasteiger partial charge >= 0.3 is 5.97 Å². The molecule has 5 atom stereocenters. The Kier molecular flexibility index (Phi) is 4.16. The lowest BCUT2D eigenvalue weighted by Gasteiger charge is -2.38. The molecule has 7 nitrogen and oxygen atoms in total. The highest BCUT2D eigenvalue weighted by Crippen LogP contribution is 2.38. The van der Waals surface area contributed by atoms with Crippen LogP contribution in [0.3, 0.4) is 0 Å². The van der Waals surface area contributed by atoms with E-state index in [2.05, 4.69) is 6.07 Å². The highest BCUT2D eigenvalue weighted by molar-refractivity contribution is 5.77. The molecule has 0 aromatic heterocycles. The normalized spacial score (nSPS) is 29.7. The van der Waals surface area contributed by atoms with Crippen LogP contribution in [0.2, 0.25) is 0 Å². The summed E-state index contributed by atoms with van der Waals surface area (Å²) in [6.45, 7) is 0. The maximum Gasteiger partial charge on any atom is 0.335 e. The number of carbonyl (C=O) groups is 1. The molecule has 7 heteroatoms. The van der Waals surface area contributed by atoms with E-state index in [0.29, 0.717) is 5.75 Å². The maximum atomic E-state index is 11.2. The number of aliphatic hydroxyl groups excluding tert-OH is 3. The van der Waals surface area contributed by atoms with Gasteiger partial charge in [-0.3, -0.25) is 0 Å². The van der Waals surface area contributed by atoms with E-state index in [1.54, 1.807) is 12.1 Å². The second kappa shape index (κ2) is 6.37. The standard InChI is InChI=1S/C19H18O7/c20-14-15(21)17(18(23)24)26-19(16(14)22)25-11-5-6-13-10(8-11)7-9-3-1-2-4-12(9)13/h1-6,8,14-17,19-22H,7H2,(H,23,24). The average Bonchev–Trinajstić information content (AvgIpc) is 2.99. The Labute approximate surface area is 149 Å². The summed E-state index contributed by atoms with van der Waals surface area (Å²) in [6.07, 6.45) is -7.35. The number of fused-ring (bicyclic) bond motifs is 3. The number of aliphatic hydroxyl groups is 3. The first-order valence-corrected chi connectivity index (χ1v) is 8.26. The smallest absolute Gasteiger partial charge is 0.335 e. The van der Waals surface area contributed by atoms with Gasteiger partial charge in [-0.15, -0.1) is 0 Å². The Morgan fingerprint density at radius 2 is 1.69 bits per heavy atom. The fraction of sp³-hybridized carbons (Fsp3) is 0.316. The highest BCUT2D eigenvalue weighted by atomic mass is 16.7. The van der Waals surface area contributed by atoms with Gasteiger partial charge < -0.3 is 29.9 Å². The zero-order chi connectivity index (χ0) is 18.4. The van der Waals surface area contributed by atoms with Crippen molar-refractivity contribution in [3.63, 3.8) is 0 Å². The molecule has 4 rings (SSSR count). The molecule has 136 valence electrons. The number of carboxylic acid groups (broad SMARTS) is 1. The number of hydrogen-bond donors (Lipinski definition) is 4. The first-order chi connectivity index (χ1) is 12.5. The molecular formula is C19H18O7. The molecule has 0 spiro atoms. The van der Waals surface area contributed by atoms with Gasteiger partial charge in [-0.2, -0.15) is 0 Å². The summed E-state index contributed by atoms with van der Waals surface area (Å²) < 4.78 is 10.7. The topological polar surface area (TPSA) is 116 Å². The van der Waals surface area contributed by atoms with Gasteiger partial charge in [0.15, 0.2) is 6.10 Å². The minimum absolute atomic E-state index is 0.383. The van der Waals surface area contributed by atoms with E-state index in [9.17, 15) is 20.1 Å². The van der Waals surface area contributed by atoms with Gasteiger partial charge in [-0.25, -0.2) is 4.79 Å². The van der Waals surface area contributed by atoms with Crippen molar-refractivity contribution in [1.82, 2.24) is 0 Å². The Hall–Kier alpha value is -2.45. The van der Waals surface area contributed by atoms with Crippen molar-refractivity contribution in [2.24, 2.45) is 0 Å². The molecule has 5 unspecified atom stereocenters. The molecule has 4 N–H and O–H groups in total. The van der Waals surface area contributed by atoms with Crippen LogP contribution < -0.4 is 4.74 Å². The van der Waals surface area contributed by atoms with Crippen LogP contribution in [-0.4, -0.2) is 57.1 Å². The fourth-order valence-corrected chi connectivity index (χ4v) is 3.48. The van der Waals surface area contributed by atoms with Crippen molar-refractivity contribution in [2.45, 2.75) is 37.1 Å². The zero-order valence-electron chi connectivity index (χ0n) is 13.6. The Bertz CT molecular complexity index is 850. The van der Waals surface area contributed by atoms with Gasteiger partial charge in [0.25, 0.3) is 0 Å². The summed E-state index contributed by atoms with van der Waals surface area (Å²) in [5.74, 6) is -1.06. The van der Waals surface area contributed by atoms with Gasteiger partial charge in [0.05, 0.1) is 0 Å². The number of benzene rings is 2. The van der Waals surface area contributed by atoms with E-state index in [1.165, 1.54) is 5.56 Å². The molecule has 1 fully saturated rings. The van der Waals surface area contributed by atoms with Crippen LogP contribution in [0.5, 0.6) is 5.75 Å². The number of ether oxygens (including phenoxy) is 2. The molecule has 2 aliphatic rings. The van der Waals surface area contributed by atoms with Gasteiger partial charge in [-0.05, 0) is 40.8 Å². The first kappa shape index (κ1) is 17.0. The van der Waals surface area contributed by atoms with Crippen LogP contribution in [-0.2, 0) is 16.0 Å². The summed E-state index contributed by atoms with van der Waals surface area (Å²) in [7, 11) is 0. The number of rotatable bonds is 3. The summed E-state index contributed by atoms with van der Waals surface area (Å²) in [5.41, 5.74) is 4.51. The van der Waals surface area contributed by atoms with Crippen LogP contribution in [0, 0.1) is 0 Å². The Morgan fingerprint density at radius 1 is 0.962 bits per heavy atom. The van der Waals surface area contributed by atoms with E-state index in [1.807, 2.05) is 24.3 Å². The van der Waals surface area contributed by atoms with Crippen LogP contribution in [0.15, 0.2) is 42.5 Å². The van der Waals surface area contributed by atoms with Crippen LogP contribution in [0.1, 0.15) is 11.1 Å². The van der Waals surface area contributed by atoms with Gasteiger partial charge in [0.2, 0.25) is 6.29 Å². The third-order valence-corrected chi connectivity index (χ3v) is 4.83. The van der Waals surface area contributed by atoms with Crippen LogP contribution in [0.4, 0.5) is 0 Å². The summed E-state index contributed by atoms with van der Waals surface area (Å²) in [6, 6.07) is 13.5. The zero-order valence-corrected chi connectivity index (χ0v) is 13.6. The lowest BCUT2D eigenvalue weighted by Crippen LogP contribution is -2.61.